The van der Waals surface area contributed by atoms with E-state index in [9.17, 15) is 8.78 Å². The molecule has 0 saturated heterocycles. The molecule has 0 spiro atoms. The Kier molecular flexibility index (Phi) is 4.26. The van der Waals surface area contributed by atoms with E-state index in [0.29, 0.717) is 19.4 Å². The molecule has 1 atom stereocenters. The van der Waals surface area contributed by atoms with Crippen LogP contribution in [0, 0.1) is 5.92 Å². The van der Waals surface area contributed by atoms with Gasteiger partial charge < -0.3 is 5.32 Å². The second kappa shape index (κ2) is 4.21. The van der Waals surface area contributed by atoms with Crippen LogP contribution >= 0.6 is 12.4 Å². The summed E-state index contributed by atoms with van der Waals surface area (Å²) in [5, 5.41) is 2.79. The summed E-state index contributed by atoms with van der Waals surface area (Å²) in [6.45, 7) is 0.451. The second-order valence-corrected chi connectivity index (χ2v) is 2.91. The molecule has 0 bridgehead atoms. The van der Waals surface area contributed by atoms with Gasteiger partial charge in [0.2, 0.25) is 0 Å². The molecule has 0 heterocycles. The molecule has 1 unspecified atom stereocenters. The van der Waals surface area contributed by atoms with E-state index in [1.165, 1.54) is 0 Å². The van der Waals surface area contributed by atoms with E-state index < -0.39 is 11.8 Å². The van der Waals surface area contributed by atoms with Crippen LogP contribution in [0.2, 0.25) is 0 Å². The number of rotatable bonds is 2. The van der Waals surface area contributed by atoms with Crippen molar-refractivity contribution in [2.24, 2.45) is 5.92 Å². The van der Waals surface area contributed by atoms with Gasteiger partial charge in [-0.3, -0.25) is 0 Å². The first-order valence-corrected chi connectivity index (χ1v) is 3.69. The zero-order valence-electron chi connectivity index (χ0n) is 6.57. The zero-order valence-corrected chi connectivity index (χ0v) is 7.39. The topological polar surface area (TPSA) is 12.0 Å². The van der Waals surface area contributed by atoms with E-state index in [0.717, 1.165) is 0 Å². The quantitative estimate of drug-likeness (QED) is 0.695. The summed E-state index contributed by atoms with van der Waals surface area (Å²) in [6.07, 6.45) is 1.44. The maximum atomic E-state index is 12.8. The van der Waals surface area contributed by atoms with Crippen LogP contribution in [-0.4, -0.2) is 19.5 Å². The van der Waals surface area contributed by atoms with Gasteiger partial charge in [0.1, 0.15) is 0 Å². The summed E-state index contributed by atoms with van der Waals surface area (Å²) in [7, 11) is 1.72. The van der Waals surface area contributed by atoms with Gasteiger partial charge in [0.25, 0.3) is 5.92 Å². The molecular weight excluding hydrogens is 172 g/mol. The van der Waals surface area contributed by atoms with Crippen molar-refractivity contribution in [2.45, 2.75) is 25.2 Å². The Balaban J connectivity index is 0.000001000. The van der Waals surface area contributed by atoms with Crippen LogP contribution in [0.3, 0.4) is 0 Å². The van der Waals surface area contributed by atoms with Crippen LogP contribution < -0.4 is 5.32 Å². The second-order valence-electron chi connectivity index (χ2n) is 2.91. The molecule has 1 fully saturated rings. The third-order valence-corrected chi connectivity index (χ3v) is 2.11. The summed E-state index contributed by atoms with van der Waals surface area (Å²) in [4.78, 5) is 0. The fourth-order valence-electron chi connectivity index (χ4n) is 1.50. The van der Waals surface area contributed by atoms with Gasteiger partial charge >= 0.3 is 0 Å². The Hall–Kier alpha value is 0.110. The molecule has 0 amide bonds. The highest BCUT2D eigenvalue weighted by Gasteiger charge is 2.42. The first-order valence-electron chi connectivity index (χ1n) is 3.69. The van der Waals surface area contributed by atoms with Gasteiger partial charge in [0, 0.05) is 18.9 Å². The number of hydrogen-bond donors (Lipinski definition) is 1. The predicted octanol–water partition coefficient (Wildman–Crippen LogP) is 2.06. The molecule has 68 valence electrons. The zero-order chi connectivity index (χ0) is 7.61. The summed E-state index contributed by atoms with van der Waals surface area (Å²) >= 11 is 0. The van der Waals surface area contributed by atoms with Crippen molar-refractivity contribution in [3.05, 3.63) is 0 Å². The number of hydrogen-bond acceptors (Lipinski definition) is 1. The van der Waals surface area contributed by atoms with Crippen molar-refractivity contribution >= 4 is 12.4 Å². The Labute approximate surface area is 72.0 Å². The smallest absolute Gasteiger partial charge is 0.252 e. The van der Waals surface area contributed by atoms with Crippen molar-refractivity contribution in [3.8, 4) is 0 Å². The van der Waals surface area contributed by atoms with Crippen molar-refractivity contribution in [1.82, 2.24) is 5.32 Å². The number of halogens is 3. The molecule has 1 rings (SSSR count). The Morgan fingerprint density at radius 2 is 2.18 bits per heavy atom. The minimum Gasteiger partial charge on any atom is -0.319 e. The number of nitrogens with one attached hydrogen (secondary N) is 1. The molecule has 11 heavy (non-hydrogen) atoms. The van der Waals surface area contributed by atoms with Crippen molar-refractivity contribution in [2.75, 3.05) is 13.6 Å². The van der Waals surface area contributed by atoms with Crippen molar-refractivity contribution in [3.63, 3.8) is 0 Å². The maximum absolute atomic E-state index is 12.8. The van der Waals surface area contributed by atoms with Gasteiger partial charge in [-0.15, -0.1) is 12.4 Å². The first kappa shape index (κ1) is 11.1. The molecule has 0 aromatic rings. The lowest BCUT2D eigenvalue weighted by Gasteiger charge is -2.17. The summed E-state index contributed by atoms with van der Waals surface area (Å²) in [5.41, 5.74) is 0. The molecule has 1 nitrogen and oxygen atoms in total. The van der Waals surface area contributed by atoms with Crippen LogP contribution in [0.15, 0.2) is 0 Å². The average Bonchev–Trinajstić information content (AvgIpc) is 2.13. The monoisotopic (exact) mass is 185 g/mol. The molecule has 1 aliphatic rings. The van der Waals surface area contributed by atoms with Crippen LogP contribution in [0.5, 0.6) is 0 Å². The Morgan fingerprint density at radius 3 is 2.55 bits per heavy atom. The highest BCUT2D eigenvalue weighted by atomic mass is 35.5. The summed E-state index contributed by atoms with van der Waals surface area (Å²) in [6, 6.07) is 0. The van der Waals surface area contributed by atoms with Gasteiger partial charge in [0.05, 0.1) is 0 Å². The van der Waals surface area contributed by atoms with Gasteiger partial charge in [0.15, 0.2) is 0 Å². The highest BCUT2D eigenvalue weighted by molar-refractivity contribution is 5.85. The van der Waals surface area contributed by atoms with E-state index in [4.69, 9.17) is 0 Å². The molecular formula is C7H14ClF2N. The first-order chi connectivity index (χ1) is 4.67. The van der Waals surface area contributed by atoms with E-state index in [1.807, 2.05) is 0 Å². The van der Waals surface area contributed by atoms with Crippen LogP contribution in [0.4, 0.5) is 8.78 Å². The Morgan fingerprint density at radius 1 is 1.55 bits per heavy atom. The van der Waals surface area contributed by atoms with Crippen molar-refractivity contribution < 1.29 is 8.78 Å². The molecule has 0 aromatic carbocycles. The molecule has 4 heteroatoms. The molecule has 1 saturated carbocycles. The maximum Gasteiger partial charge on any atom is 0.252 e. The van der Waals surface area contributed by atoms with Gasteiger partial charge in [-0.2, -0.15) is 0 Å². The fourth-order valence-corrected chi connectivity index (χ4v) is 1.50. The largest absolute Gasteiger partial charge is 0.319 e. The molecule has 0 aliphatic heterocycles. The summed E-state index contributed by atoms with van der Waals surface area (Å²) in [5.74, 6) is -2.82. The lowest BCUT2D eigenvalue weighted by atomic mass is 10.1. The molecule has 1 aliphatic carbocycles. The normalized spacial score (nSPS) is 28.1. The van der Waals surface area contributed by atoms with E-state index >= 15 is 0 Å². The molecule has 0 radical (unpaired) electrons. The SMILES string of the molecule is CNCC1CCCC1(F)F.Cl. The van der Waals surface area contributed by atoms with Gasteiger partial charge in [-0.1, -0.05) is 0 Å². The number of alkyl halides is 2. The van der Waals surface area contributed by atoms with E-state index in [-0.39, 0.29) is 18.8 Å². The minimum atomic E-state index is -2.40. The summed E-state index contributed by atoms with van der Waals surface area (Å²) < 4.78 is 25.5. The van der Waals surface area contributed by atoms with E-state index in [1.54, 1.807) is 7.05 Å². The Bertz CT molecular complexity index is 119. The fraction of sp³-hybridized carbons (Fsp3) is 1.00. The minimum absolute atomic E-state index is 0. The van der Waals surface area contributed by atoms with Gasteiger partial charge in [-0.25, -0.2) is 8.78 Å². The molecule has 1 N–H and O–H groups in total. The van der Waals surface area contributed by atoms with Crippen molar-refractivity contribution in [1.29, 1.82) is 0 Å². The van der Waals surface area contributed by atoms with Crippen LogP contribution in [0.1, 0.15) is 19.3 Å². The lowest BCUT2D eigenvalue weighted by molar-refractivity contribution is -0.0353. The van der Waals surface area contributed by atoms with Gasteiger partial charge in [-0.05, 0) is 19.9 Å². The predicted molar refractivity (Wildman–Crippen MR) is 43.5 cm³/mol. The highest BCUT2D eigenvalue weighted by Crippen LogP contribution is 2.39. The van der Waals surface area contributed by atoms with E-state index in [2.05, 4.69) is 5.32 Å². The average molecular weight is 186 g/mol. The van der Waals surface area contributed by atoms with Crippen LogP contribution in [-0.2, 0) is 0 Å². The standard InChI is InChI=1S/C7H13F2N.ClH/c1-10-5-6-3-2-4-7(6,8)9;/h6,10H,2-5H2,1H3;1H. The lowest BCUT2D eigenvalue weighted by Crippen LogP contribution is -2.30. The van der Waals surface area contributed by atoms with Crippen LogP contribution in [0.25, 0.3) is 0 Å². The third kappa shape index (κ3) is 2.56. The third-order valence-electron chi connectivity index (χ3n) is 2.11. The molecule has 0 aromatic heterocycles.